The summed E-state index contributed by atoms with van der Waals surface area (Å²) in [5.74, 6) is 4.47. The summed E-state index contributed by atoms with van der Waals surface area (Å²) in [6.45, 7) is 3.08. The van der Waals surface area contributed by atoms with Gasteiger partial charge in [-0.3, -0.25) is 0 Å². The highest BCUT2D eigenvalue weighted by molar-refractivity contribution is 5.61. The summed E-state index contributed by atoms with van der Waals surface area (Å²) in [6.07, 6.45) is 0. The molecule has 1 saturated heterocycles. The normalized spacial score (nSPS) is 26.8. The highest BCUT2D eigenvalue weighted by atomic mass is 16.7. The summed E-state index contributed by atoms with van der Waals surface area (Å²) >= 11 is 0. The Balaban J connectivity index is 1.30. The van der Waals surface area contributed by atoms with E-state index < -0.39 is 0 Å². The third-order valence-corrected chi connectivity index (χ3v) is 5.75. The second-order valence-corrected chi connectivity index (χ2v) is 6.94. The van der Waals surface area contributed by atoms with Crippen LogP contribution in [-0.4, -0.2) is 33.3 Å². The van der Waals surface area contributed by atoms with Crippen molar-refractivity contribution < 1.29 is 23.7 Å². The molecule has 6 nitrogen and oxygen atoms in total. The van der Waals surface area contributed by atoms with Crippen molar-refractivity contribution in [2.45, 2.75) is 11.3 Å². The number of fused-ring (bicyclic) bond motifs is 6. The topological polar surface area (TPSA) is 58.2 Å². The molecule has 0 unspecified atom stereocenters. The van der Waals surface area contributed by atoms with E-state index in [1.807, 2.05) is 18.2 Å². The molecule has 0 radical (unpaired) electrons. The number of hydrogen-bond acceptors (Lipinski definition) is 6. The molecule has 2 aromatic carbocycles. The van der Waals surface area contributed by atoms with Crippen LogP contribution in [0.25, 0.3) is 0 Å². The quantitative estimate of drug-likeness (QED) is 0.925. The van der Waals surface area contributed by atoms with Crippen molar-refractivity contribution in [3.8, 4) is 28.7 Å². The lowest BCUT2D eigenvalue weighted by Crippen LogP contribution is -2.48. The molecule has 25 heavy (non-hydrogen) atoms. The summed E-state index contributed by atoms with van der Waals surface area (Å²) < 4.78 is 28.0. The van der Waals surface area contributed by atoms with Crippen LogP contribution in [0.4, 0.5) is 0 Å². The van der Waals surface area contributed by atoms with Gasteiger partial charge in [0.25, 0.3) is 0 Å². The van der Waals surface area contributed by atoms with E-state index in [4.69, 9.17) is 23.7 Å². The zero-order valence-corrected chi connectivity index (χ0v) is 13.5. The van der Waals surface area contributed by atoms with Crippen LogP contribution in [0.1, 0.15) is 17.0 Å². The average Bonchev–Trinajstić information content (AvgIpc) is 3.35. The third-order valence-electron chi connectivity index (χ3n) is 5.75. The maximum Gasteiger partial charge on any atom is 0.231 e. The van der Waals surface area contributed by atoms with E-state index in [9.17, 15) is 0 Å². The van der Waals surface area contributed by atoms with Gasteiger partial charge in [-0.25, -0.2) is 0 Å². The van der Waals surface area contributed by atoms with Crippen molar-refractivity contribution in [2.24, 2.45) is 0 Å². The van der Waals surface area contributed by atoms with E-state index in [0.717, 1.165) is 41.8 Å². The van der Waals surface area contributed by atoms with Crippen molar-refractivity contribution in [2.75, 3.05) is 33.3 Å². The lowest BCUT2D eigenvalue weighted by atomic mass is 9.58. The number of rotatable bonds is 3. The van der Waals surface area contributed by atoms with Gasteiger partial charge in [-0.15, -0.1) is 0 Å². The Morgan fingerprint density at radius 1 is 0.960 bits per heavy atom. The zero-order valence-electron chi connectivity index (χ0n) is 13.5. The van der Waals surface area contributed by atoms with Crippen molar-refractivity contribution in [1.29, 1.82) is 0 Å². The number of ether oxygens (including phenoxy) is 5. The van der Waals surface area contributed by atoms with E-state index in [2.05, 4.69) is 17.4 Å². The van der Waals surface area contributed by atoms with Crippen LogP contribution < -0.4 is 29.0 Å². The Kier molecular flexibility index (Phi) is 2.58. The van der Waals surface area contributed by atoms with Crippen LogP contribution in [-0.2, 0) is 5.41 Å². The zero-order chi connectivity index (χ0) is 16.4. The molecule has 1 aliphatic carbocycles. The van der Waals surface area contributed by atoms with Gasteiger partial charge in [-0.2, -0.15) is 0 Å². The van der Waals surface area contributed by atoms with Gasteiger partial charge in [0.1, 0.15) is 5.75 Å². The minimum absolute atomic E-state index is 0.00726. The van der Waals surface area contributed by atoms with E-state index in [-0.39, 0.29) is 12.2 Å². The first kappa shape index (κ1) is 13.7. The van der Waals surface area contributed by atoms with E-state index in [1.54, 1.807) is 0 Å². The van der Waals surface area contributed by atoms with Crippen LogP contribution in [0, 0.1) is 0 Å². The van der Waals surface area contributed by atoms with Gasteiger partial charge < -0.3 is 29.0 Å². The largest absolute Gasteiger partial charge is 0.492 e. The molecule has 2 atom stereocenters. The molecular formula is C19H17NO5. The van der Waals surface area contributed by atoms with Gasteiger partial charge in [0, 0.05) is 25.1 Å². The Morgan fingerprint density at radius 2 is 1.72 bits per heavy atom. The molecule has 0 amide bonds. The summed E-state index contributed by atoms with van der Waals surface area (Å²) in [6, 6.07) is 9.99. The molecule has 0 saturated carbocycles. The van der Waals surface area contributed by atoms with Gasteiger partial charge >= 0.3 is 0 Å². The lowest BCUT2D eigenvalue weighted by molar-refractivity contribution is 0.173. The van der Waals surface area contributed by atoms with E-state index >= 15 is 0 Å². The molecule has 0 spiro atoms. The second kappa shape index (κ2) is 4.73. The molecule has 6 rings (SSSR count). The van der Waals surface area contributed by atoms with Gasteiger partial charge in [0.05, 0.1) is 12.0 Å². The van der Waals surface area contributed by atoms with Crippen molar-refractivity contribution >= 4 is 0 Å². The molecule has 1 N–H and O–H groups in total. The third kappa shape index (κ3) is 1.77. The first-order chi connectivity index (χ1) is 12.3. The fraction of sp³-hybridized carbons (Fsp3) is 0.368. The minimum Gasteiger partial charge on any atom is -0.492 e. The lowest BCUT2D eigenvalue weighted by Gasteiger charge is -2.46. The molecular weight excluding hydrogens is 322 g/mol. The monoisotopic (exact) mass is 339 g/mol. The second-order valence-electron chi connectivity index (χ2n) is 6.94. The fourth-order valence-electron chi connectivity index (χ4n) is 4.46. The fourth-order valence-corrected chi connectivity index (χ4v) is 4.46. The summed E-state index contributed by atoms with van der Waals surface area (Å²) in [7, 11) is 0. The van der Waals surface area contributed by atoms with Crippen LogP contribution in [0.3, 0.4) is 0 Å². The molecule has 0 bridgehead atoms. The van der Waals surface area contributed by atoms with Gasteiger partial charge in [-0.05, 0) is 35.4 Å². The number of hydrogen-bond donors (Lipinski definition) is 1. The summed E-state index contributed by atoms with van der Waals surface area (Å²) in [5.41, 5.74) is 2.66. The predicted octanol–water partition coefficient (Wildman–Crippen LogP) is 2.16. The molecule has 3 heterocycles. The average molecular weight is 339 g/mol. The molecule has 1 fully saturated rings. The Bertz CT molecular complexity index is 882. The Hall–Kier alpha value is -2.60. The van der Waals surface area contributed by atoms with Gasteiger partial charge in [-0.1, -0.05) is 0 Å². The minimum atomic E-state index is -0.00726. The Morgan fingerprint density at radius 3 is 2.60 bits per heavy atom. The molecule has 3 aliphatic heterocycles. The SMILES string of the molecule is c1cc2c(cc1OC[C@]13CNC[C@H]1c1cc4c(cc13)OCO4)OCO2. The van der Waals surface area contributed by atoms with E-state index in [0.29, 0.717) is 19.3 Å². The Labute approximate surface area is 144 Å². The smallest absolute Gasteiger partial charge is 0.231 e. The highest BCUT2D eigenvalue weighted by Gasteiger charge is 2.56. The highest BCUT2D eigenvalue weighted by Crippen LogP contribution is 2.57. The first-order valence-corrected chi connectivity index (χ1v) is 8.51. The maximum absolute atomic E-state index is 6.17. The molecule has 2 aromatic rings. The number of benzene rings is 2. The summed E-state index contributed by atoms with van der Waals surface area (Å²) in [5, 5.41) is 3.52. The molecule has 4 aliphatic rings. The van der Waals surface area contributed by atoms with E-state index in [1.165, 1.54) is 11.1 Å². The predicted molar refractivity (Wildman–Crippen MR) is 87.9 cm³/mol. The molecule has 128 valence electrons. The van der Waals surface area contributed by atoms with Crippen LogP contribution in [0.2, 0.25) is 0 Å². The summed E-state index contributed by atoms with van der Waals surface area (Å²) in [4.78, 5) is 0. The van der Waals surface area contributed by atoms with Crippen LogP contribution in [0.5, 0.6) is 28.7 Å². The molecule has 6 heteroatoms. The number of nitrogens with one attached hydrogen (secondary N) is 1. The molecule has 0 aromatic heterocycles. The van der Waals surface area contributed by atoms with Gasteiger partial charge in [0.15, 0.2) is 23.0 Å². The van der Waals surface area contributed by atoms with Gasteiger partial charge in [0.2, 0.25) is 13.6 Å². The van der Waals surface area contributed by atoms with Crippen LogP contribution in [0.15, 0.2) is 30.3 Å². The van der Waals surface area contributed by atoms with Crippen molar-refractivity contribution in [1.82, 2.24) is 5.32 Å². The van der Waals surface area contributed by atoms with Crippen molar-refractivity contribution in [3.63, 3.8) is 0 Å². The van der Waals surface area contributed by atoms with Crippen molar-refractivity contribution in [3.05, 3.63) is 41.5 Å². The standard InChI is InChI=1S/C19H17NO5/c1-2-15-16(23-9-22-15)3-11(1)21-8-19-7-20-6-14(19)12-4-17-18(5-13(12)19)25-10-24-17/h1-5,14,20H,6-10H2/t14-,19-/m0/s1. The maximum atomic E-state index is 6.17. The first-order valence-electron chi connectivity index (χ1n) is 8.51. The van der Waals surface area contributed by atoms with Crippen LogP contribution >= 0.6 is 0 Å².